The van der Waals surface area contributed by atoms with Gasteiger partial charge in [0.05, 0.1) is 31.7 Å². The van der Waals surface area contributed by atoms with Crippen molar-refractivity contribution in [1.82, 2.24) is 30.2 Å². The van der Waals surface area contributed by atoms with Gasteiger partial charge >= 0.3 is 12.1 Å². The molecule has 0 atom stereocenters. The van der Waals surface area contributed by atoms with Crippen molar-refractivity contribution in [2.45, 2.75) is 40.3 Å². The third-order valence-corrected chi connectivity index (χ3v) is 6.83. The molecule has 3 aliphatic heterocycles. The van der Waals surface area contributed by atoms with E-state index in [1.807, 2.05) is 26.8 Å². The maximum Gasteiger partial charge on any atom is 0.416 e. The molecule has 0 radical (unpaired) electrons. The Hall–Kier alpha value is -6.33. The molecule has 0 bridgehead atoms. The quantitative estimate of drug-likeness (QED) is 0.205. The first-order valence-electron chi connectivity index (χ1n) is 15.6. The van der Waals surface area contributed by atoms with Gasteiger partial charge in [-0.3, -0.25) is 15.0 Å². The normalized spacial score (nSPS) is 13.8. The third kappa shape index (κ3) is 10.3. The van der Waals surface area contributed by atoms with E-state index in [2.05, 4.69) is 45.8 Å². The lowest BCUT2D eigenvalue weighted by Crippen LogP contribution is -2.42. The summed E-state index contributed by atoms with van der Waals surface area (Å²) in [6.07, 6.45) is 4.59. The van der Waals surface area contributed by atoms with E-state index >= 15 is 0 Å². The minimum atomic E-state index is -0.546. The van der Waals surface area contributed by atoms with Gasteiger partial charge in [0, 0.05) is 19.4 Å². The first kappa shape index (κ1) is 37.5. The zero-order valence-electron chi connectivity index (χ0n) is 28.1. The lowest BCUT2D eigenvalue weighted by molar-refractivity contribution is -0.118. The van der Waals surface area contributed by atoms with Gasteiger partial charge in [-0.15, -0.1) is 0 Å². The van der Waals surface area contributed by atoms with Crippen LogP contribution in [-0.4, -0.2) is 88.5 Å². The number of urea groups is 1. The Balaban J connectivity index is 0.000000177. The van der Waals surface area contributed by atoms with E-state index in [9.17, 15) is 14.4 Å². The smallest absolute Gasteiger partial charge is 0.416 e. The molecule has 0 fully saturated rings. The highest BCUT2D eigenvalue weighted by Gasteiger charge is 2.29. The van der Waals surface area contributed by atoms with Crippen LogP contribution in [0.1, 0.15) is 33.9 Å². The van der Waals surface area contributed by atoms with Gasteiger partial charge in [0.1, 0.15) is 30.5 Å². The lowest BCUT2D eigenvalue weighted by atomic mass is 10.2. The standard InChI is InChI=1S/C13H16N6O2.C12H17N3O3.C7H6N2O2.CH4/c1-14-13(20)18-11-3-2-10-12(17-11)19(4-5-21-10)7-9-6-15-8-16-9;1-12(2,3)18-11(16)15-6-7-17-8-4-5-9(13)14-10(8)15;10-6-4-11-5-2-1-3-8-7(5)9-6;/h2-3,6,8H,4-5,7H2,1H3,(H,15,16)(H2,14,17,18,20);4-5H,6-7H2,1-3H3,(H2,13,14);1-3H,4H2,(H,8,9,10);1H4. The second kappa shape index (κ2) is 16.9. The number of nitrogens with zero attached hydrogens (tertiary/aromatic N) is 6. The van der Waals surface area contributed by atoms with E-state index in [0.29, 0.717) is 72.6 Å². The molecule has 4 aromatic rings. The highest BCUT2D eigenvalue weighted by atomic mass is 16.6. The fourth-order valence-electron chi connectivity index (χ4n) is 4.64. The van der Waals surface area contributed by atoms with Crippen molar-refractivity contribution in [2.24, 2.45) is 0 Å². The van der Waals surface area contributed by atoms with Crippen LogP contribution < -0.4 is 45.7 Å². The van der Waals surface area contributed by atoms with E-state index in [-0.39, 0.29) is 26.0 Å². The molecular formula is C33H43N11O7. The molecule has 272 valence electrons. The summed E-state index contributed by atoms with van der Waals surface area (Å²) in [6, 6.07) is 10.1. The summed E-state index contributed by atoms with van der Waals surface area (Å²) in [6.45, 7) is 8.34. The Labute approximate surface area is 295 Å². The number of nitrogens with two attached hydrogens (primary N) is 1. The van der Waals surface area contributed by atoms with Crippen molar-refractivity contribution in [3.8, 4) is 17.2 Å². The zero-order valence-corrected chi connectivity index (χ0v) is 28.1. The molecule has 0 saturated heterocycles. The predicted octanol–water partition coefficient (Wildman–Crippen LogP) is 3.80. The first-order valence-corrected chi connectivity index (χ1v) is 15.6. The Morgan fingerprint density at radius 1 is 1.00 bits per heavy atom. The Kier molecular flexibility index (Phi) is 12.4. The Bertz CT molecular complexity index is 1800. The number of nitrogen functional groups attached to an aromatic ring is 1. The molecule has 18 heteroatoms. The van der Waals surface area contributed by atoms with Gasteiger partial charge in [0.15, 0.2) is 41.3 Å². The second-order valence-electron chi connectivity index (χ2n) is 11.8. The Morgan fingerprint density at radius 3 is 2.47 bits per heavy atom. The van der Waals surface area contributed by atoms with E-state index in [0.717, 1.165) is 12.2 Å². The maximum atomic E-state index is 12.1. The number of carbonyl (C=O) groups is 3. The number of aromatic amines is 1. The molecule has 3 aliphatic rings. The van der Waals surface area contributed by atoms with Crippen molar-refractivity contribution in [1.29, 1.82) is 0 Å². The number of anilines is 5. The van der Waals surface area contributed by atoms with Crippen molar-refractivity contribution in [3.63, 3.8) is 0 Å². The number of hydrogen-bond donors (Lipinski definition) is 5. The average molecular weight is 706 g/mol. The number of aromatic nitrogens is 5. The van der Waals surface area contributed by atoms with Crippen molar-refractivity contribution < 1.29 is 33.3 Å². The summed E-state index contributed by atoms with van der Waals surface area (Å²) in [5, 5.41) is 7.74. The highest BCUT2D eigenvalue weighted by Crippen LogP contribution is 2.32. The molecule has 0 aromatic carbocycles. The zero-order chi connectivity index (χ0) is 35.7. The summed E-state index contributed by atoms with van der Waals surface area (Å²) >= 11 is 0. The van der Waals surface area contributed by atoms with Crippen LogP contribution in [0.3, 0.4) is 0 Å². The van der Waals surface area contributed by atoms with Crippen molar-refractivity contribution in [2.75, 3.05) is 66.1 Å². The highest BCUT2D eigenvalue weighted by molar-refractivity contribution is 5.94. The van der Waals surface area contributed by atoms with Gasteiger partial charge in [-0.25, -0.2) is 29.5 Å². The molecule has 7 heterocycles. The second-order valence-corrected chi connectivity index (χ2v) is 11.8. The summed E-state index contributed by atoms with van der Waals surface area (Å²) in [5.74, 6) is 4.18. The molecule has 18 nitrogen and oxygen atoms in total. The number of pyridine rings is 3. The van der Waals surface area contributed by atoms with Crippen LogP contribution in [0, 0.1) is 0 Å². The minimum absolute atomic E-state index is 0. The number of H-pyrrole nitrogens is 1. The number of nitrogens with one attached hydrogen (secondary N) is 4. The molecule has 4 aromatic heterocycles. The molecule has 7 rings (SSSR count). The largest absolute Gasteiger partial charge is 0.488 e. The monoisotopic (exact) mass is 705 g/mol. The summed E-state index contributed by atoms with van der Waals surface area (Å²) < 4.78 is 21.4. The number of imidazole rings is 1. The van der Waals surface area contributed by atoms with E-state index in [1.165, 1.54) is 4.90 Å². The van der Waals surface area contributed by atoms with Crippen LogP contribution in [-0.2, 0) is 16.1 Å². The Morgan fingerprint density at radius 2 is 1.75 bits per heavy atom. The molecule has 0 saturated carbocycles. The van der Waals surface area contributed by atoms with Crippen LogP contribution in [0.25, 0.3) is 0 Å². The number of rotatable bonds is 3. The summed E-state index contributed by atoms with van der Waals surface area (Å²) in [5.41, 5.74) is 6.08. The first-order chi connectivity index (χ1) is 24.0. The van der Waals surface area contributed by atoms with E-state index in [1.54, 1.807) is 56.1 Å². The van der Waals surface area contributed by atoms with Crippen molar-refractivity contribution in [3.05, 3.63) is 60.8 Å². The number of ether oxygens (including phenoxy) is 4. The fraction of sp³-hybridized carbons (Fsp3) is 0.364. The number of fused-ring (bicyclic) bond motifs is 3. The number of hydrogen-bond acceptors (Lipinski definition) is 13. The van der Waals surface area contributed by atoms with Crippen LogP contribution in [0.2, 0.25) is 0 Å². The topological polar surface area (TPSA) is 224 Å². The van der Waals surface area contributed by atoms with Gasteiger partial charge in [-0.2, -0.15) is 0 Å². The maximum absolute atomic E-state index is 12.1. The third-order valence-electron chi connectivity index (χ3n) is 6.83. The fourth-order valence-corrected chi connectivity index (χ4v) is 4.64. The van der Waals surface area contributed by atoms with Crippen LogP contribution >= 0.6 is 0 Å². The SMILES string of the molecule is C.CC(C)(C)OC(=O)N1CCOc2ccc(N)nc21.CNC(=O)Nc1ccc2c(n1)N(Cc1cnc[nH]1)CCO2.O=C1COc2cccnc2N1. The van der Waals surface area contributed by atoms with Gasteiger partial charge in [0.2, 0.25) is 0 Å². The van der Waals surface area contributed by atoms with Crippen molar-refractivity contribution >= 4 is 47.1 Å². The molecule has 0 unspecified atom stereocenters. The summed E-state index contributed by atoms with van der Waals surface area (Å²) in [4.78, 5) is 57.3. The molecule has 0 spiro atoms. The van der Waals surface area contributed by atoms with Gasteiger partial charge in [-0.1, -0.05) is 7.43 Å². The molecule has 0 aliphatic carbocycles. The van der Waals surface area contributed by atoms with Gasteiger partial charge in [0.25, 0.3) is 5.91 Å². The van der Waals surface area contributed by atoms with Crippen LogP contribution in [0.5, 0.6) is 17.2 Å². The predicted molar refractivity (Wildman–Crippen MR) is 190 cm³/mol. The molecule has 51 heavy (non-hydrogen) atoms. The molecule has 4 amide bonds. The molecular weight excluding hydrogens is 662 g/mol. The number of amides is 4. The van der Waals surface area contributed by atoms with Gasteiger partial charge < -0.3 is 45.2 Å². The molecule has 6 N–H and O–H groups in total. The average Bonchev–Trinajstić information content (AvgIpc) is 3.61. The summed E-state index contributed by atoms with van der Waals surface area (Å²) in [7, 11) is 1.56. The van der Waals surface area contributed by atoms with Crippen LogP contribution in [0.15, 0.2) is 55.1 Å². The lowest BCUT2D eigenvalue weighted by Gasteiger charge is -2.30. The van der Waals surface area contributed by atoms with Crippen LogP contribution in [0.4, 0.5) is 38.7 Å². The van der Waals surface area contributed by atoms with E-state index < -0.39 is 11.7 Å². The number of carbonyl (C=O) groups excluding carboxylic acids is 3. The van der Waals surface area contributed by atoms with E-state index in [4.69, 9.17) is 24.7 Å². The van der Waals surface area contributed by atoms with Gasteiger partial charge in [-0.05, 0) is 57.2 Å². The minimum Gasteiger partial charge on any atom is -0.488 e.